The molecule has 0 aliphatic heterocycles. The molecule has 7 heteroatoms. The Kier molecular flexibility index (Phi) is 6.42. The van der Waals surface area contributed by atoms with Gasteiger partial charge >= 0.3 is 0 Å². The summed E-state index contributed by atoms with van der Waals surface area (Å²) in [7, 11) is 0. The molecule has 0 saturated carbocycles. The van der Waals surface area contributed by atoms with Crippen LogP contribution in [-0.4, -0.2) is 16.7 Å². The lowest BCUT2D eigenvalue weighted by molar-refractivity contribution is -0.110. The zero-order valence-corrected chi connectivity index (χ0v) is 15.3. The molecule has 6 nitrogen and oxygen atoms in total. The standard InChI is InChI=1S/C19H19N5OS/c1-12-8-9-15(10-13(12)2)22-18(25)17(23-24-19(21)26)16(11-20)14-6-4-3-5-7-14/h3-10,16H,1-2H3,(H,22,25)(H3,21,24,26)/b23-17-/t16-/m0/s1. The zero-order chi connectivity index (χ0) is 19.1. The fourth-order valence-corrected chi connectivity index (χ4v) is 2.36. The highest BCUT2D eigenvalue weighted by Gasteiger charge is 2.25. The second-order valence-corrected chi connectivity index (χ2v) is 6.14. The van der Waals surface area contributed by atoms with Gasteiger partial charge in [0.05, 0.1) is 6.07 Å². The molecule has 2 aromatic carbocycles. The number of hydrazone groups is 1. The molecule has 0 aliphatic carbocycles. The highest BCUT2D eigenvalue weighted by molar-refractivity contribution is 7.80. The third-order valence-corrected chi connectivity index (χ3v) is 3.91. The Labute approximate surface area is 157 Å². The second-order valence-electron chi connectivity index (χ2n) is 5.70. The van der Waals surface area contributed by atoms with Crippen molar-refractivity contribution < 1.29 is 4.79 Å². The lowest BCUT2D eigenvalue weighted by Gasteiger charge is -2.14. The van der Waals surface area contributed by atoms with E-state index in [1.165, 1.54) is 0 Å². The van der Waals surface area contributed by atoms with Crippen LogP contribution in [-0.2, 0) is 4.79 Å². The van der Waals surface area contributed by atoms with Crippen LogP contribution >= 0.6 is 12.2 Å². The molecule has 0 aromatic heterocycles. The highest BCUT2D eigenvalue weighted by atomic mass is 32.1. The van der Waals surface area contributed by atoms with E-state index in [-0.39, 0.29) is 10.8 Å². The van der Waals surface area contributed by atoms with Gasteiger partial charge in [-0.2, -0.15) is 10.4 Å². The maximum absolute atomic E-state index is 12.8. The van der Waals surface area contributed by atoms with Gasteiger partial charge in [-0.25, -0.2) is 0 Å². The smallest absolute Gasteiger partial charge is 0.273 e. The first-order valence-electron chi connectivity index (χ1n) is 7.88. The van der Waals surface area contributed by atoms with E-state index in [0.29, 0.717) is 11.3 Å². The Morgan fingerprint density at radius 3 is 2.46 bits per heavy atom. The lowest BCUT2D eigenvalue weighted by Crippen LogP contribution is -2.33. The molecule has 132 valence electrons. The van der Waals surface area contributed by atoms with Gasteiger partial charge in [0.2, 0.25) is 0 Å². The molecule has 1 atom stereocenters. The summed E-state index contributed by atoms with van der Waals surface area (Å²) < 4.78 is 0. The number of hydrogen-bond donors (Lipinski definition) is 3. The van der Waals surface area contributed by atoms with E-state index in [0.717, 1.165) is 11.1 Å². The number of thiocarbonyl (C=S) groups is 1. The molecule has 0 fully saturated rings. The van der Waals surface area contributed by atoms with E-state index < -0.39 is 11.8 Å². The number of anilines is 1. The Morgan fingerprint density at radius 2 is 1.88 bits per heavy atom. The fourth-order valence-electron chi connectivity index (χ4n) is 2.32. The second kappa shape index (κ2) is 8.74. The highest BCUT2D eigenvalue weighted by Crippen LogP contribution is 2.19. The van der Waals surface area contributed by atoms with E-state index in [1.54, 1.807) is 30.3 Å². The van der Waals surface area contributed by atoms with E-state index in [2.05, 4.69) is 21.9 Å². The third-order valence-electron chi connectivity index (χ3n) is 3.82. The average Bonchev–Trinajstić information content (AvgIpc) is 2.62. The van der Waals surface area contributed by atoms with Crippen molar-refractivity contribution in [2.24, 2.45) is 10.8 Å². The van der Waals surface area contributed by atoms with Crippen molar-refractivity contribution in [1.82, 2.24) is 5.43 Å². The topological polar surface area (TPSA) is 103 Å². The molecule has 4 N–H and O–H groups in total. The summed E-state index contributed by atoms with van der Waals surface area (Å²) in [5.74, 6) is -1.38. The van der Waals surface area contributed by atoms with Crippen LogP contribution in [0.25, 0.3) is 0 Å². The summed E-state index contributed by atoms with van der Waals surface area (Å²) >= 11 is 4.75. The van der Waals surface area contributed by atoms with E-state index >= 15 is 0 Å². The minimum absolute atomic E-state index is 0.0234. The van der Waals surface area contributed by atoms with Crippen LogP contribution in [0.2, 0.25) is 0 Å². The number of nitriles is 1. The van der Waals surface area contributed by atoms with Crippen LogP contribution in [0.5, 0.6) is 0 Å². The van der Waals surface area contributed by atoms with Gasteiger partial charge in [0.15, 0.2) is 5.11 Å². The van der Waals surface area contributed by atoms with Gasteiger partial charge < -0.3 is 11.1 Å². The van der Waals surface area contributed by atoms with Crippen molar-refractivity contribution in [3.8, 4) is 6.07 Å². The lowest BCUT2D eigenvalue weighted by atomic mass is 9.95. The Hall–Kier alpha value is -3.24. The molecule has 0 aliphatic rings. The van der Waals surface area contributed by atoms with Gasteiger partial charge in [-0.05, 0) is 54.9 Å². The van der Waals surface area contributed by atoms with Gasteiger partial charge in [0.1, 0.15) is 11.6 Å². The number of nitrogens with one attached hydrogen (secondary N) is 2. The number of hydrogen-bond acceptors (Lipinski definition) is 4. The summed E-state index contributed by atoms with van der Waals surface area (Å²) in [6, 6.07) is 16.6. The normalized spacial score (nSPS) is 12.0. The maximum Gasteiger partial charge on any atom is 0.273 e. The number of amides is 1. The number of nitrogens with two attached hydrogens (primary N) is 1. The van der Waals surface area contributed by atoms with Crippen LogP contribution in [0.4, 0.5) is 5.69 Å². The molecule has 0 unspecified atom stereocenters. The molecule has 0 saturated heterocycles. The van der Waals surface area contributed by atoms with Gasteiger partial charge in [-0.1, -0.05) is 36.4 Å². The molecule has 0 heterocycles. The first kappa shape index (κ1) is 19.1. The van der Waals surface area contributed by atoms with E-state index in [4.69, 9.17) is 18.0 Å². The monoisotopic (exact) mass is 365 g/mol. The number of carbonyl (C=O) groups is 1. The number of carbonyl (C=O) groups excluding carboxylic acids is 1. The van der Waals surface area contributed by atoms with Crippen molar-refractivity contribution in [1.29, 1.82) is 5.26 Å². The SMILES string of the molecule is Cc1ccc(NC(=O)/C(=N\NC(N)=S)[C@@H](C#N)c2ccccc2)cc1C. The number of benzene rings is 2. The van der Waals surface area contributed by atoms with Crippen LogP contribution in [0.3, 0.4) is 0 Å². The summed E-state index contributed by atoms with van der Waals surface area (Å²) in [6.45, 7) is 3.94. The summed E-state index contributed by atoms with van der Waals surface area (Å²) in [6.07, 6.45) is 0. The van der Waals surface area contributed by atoms with Gasteiger partial charge in [-0.15, -0.1) is 0 Å². The average molecular weight is 365 g/mol. The van der Waals surface area contributed by atoms with E-state index in [1.807, 2.05) is 32.0 Å². The zero-order valence-electron chi connectivity index (χ0n) is 14.5. The molecule has 0 radical (unpaired) electrons. The largest absolute Gasteiger partial charge is 0.375 e. The maximum atomic E-state index is 12.8. The minimum Gasteiger partial charge on any atom is -0.375 e. The molecule has 2 aromatic rings. The molecular formula is C19H19N5OS. The number of nitrogens with zero attached hydrogens (tertiary/aromatic N) is 2. The quantitative estimate of drug-likeness (QED) is 0.429. The fraction of sp³-hybridized carbons (Fsp3) is 0.158. The number of aryl methyl sites for hydroxylation is 2. The molecule has 1 amide bonds. The van der Waals surface area contributed by atoms with Crippen LogP contribution < -0.4 is 16.5 Å². The first-order chi connectivity index (χ1) is 12.4. The molecule has 0 spiro atoms. The number of rotatable bonds is 5. The molecule has 0 bridgehead atoms. The minimum atomic E-state index is -0.871. The Morgan fingerprint density at radius 1 is 1.19 bits per heavy atom. The van der Waals surface area contributed by atoms with Gasteiger partial charge in [0, 0.05) is 5.69 Å². The van der Waals surface area contributed by atoms with Crippen LogP contribution in [0.1, 0.15) is 22.6 Å². The van der Waals surface area contributed by atoms with Gasteiger partial charge in [-0.3, -0.25) is 10.2 Å². The Balaban J connectivity index is 2.35. The summed E-state index contributed by atoms with van der Waals surface area (Å²) in [5.41, 5.74) is 11.2. The third kappa shape index (κ3) is 4.88. The van der Waals surface area contributed by atoms with Crippen molar-refractivity contribution in [2.45, 2.75) is 19.8 Å². The first-order valence-corrected chi connectivity index (χ1v) is 8.29. The van der Waals surface area contributed by atoms with Crippen molar-refractivity contribution in [3.63, 3.8) is 0 Å². The Bertz CT molecular complexity index is 887. The van der Waals surface area contributed by atoms with Crippen molar-refractivity contribution in [2.75, 3.05) is 5.32 Å². The van der Waals surface area contributed by atoms with Gasteiger partial charge in [0.25, 0.3) is 5.91 Å². The van der Waals surface area contributed by atoms with E-state index in [9.17, 15) is 10.1 Å². The summed E-state index contributed by atoms with van der Waals surface area (Å²) in [4.78, 5) is 12.8. The van der Waals surface area contributed by atoms with Crippen LogP contribution in [0.15, 0.2) is 53.6 Å². The molecular weight excluding hydrogens is 346 g/mol. The predicted molar refractivity (Wildman–Crippen MR) is 107 cm³/mol. The predicted octanol–water partition coefficient (Wildman–Crippen LogP) is 2.74. The van der Waals surface area contributed by atoms with Crippen LogP contribution in [0, 0.1) is 25.2 Å². The van der Waals surface area contributed by atoms with Crippen molar-refractivity contribution >= 4 is 34.6 Å². The summed E-state index contributed by atoms with van der Waals surface area (Å²) in [5, 5.41) is 16.3. The molecule has 2 rings (SSSR count). The molecule has 26 heavy (non-hydrogen) atoms. The van der Waals surface area contributed by atoms with Crippen molar-refractivity contribution in [3.05, 3.63) is 65.2 Å².